The summed E-state index contributed by atoms with van der Waals surface area (Å²) in [6.07, 6.45) is 5.51. The van der Waals surface area contributed by atoms with Crippen LogP contribution in [0.15, 0.2) is 0 Å². The van der Waals surface area contributed by atoms with Crippen LogP contribution in [-0.4, -0.2) is 37.6 Å². The van der Waals surface area contributed by atoms with E-state index in [1.165, 1.54) is 58.4 Å². The van der Waals surface area contributed by atoms with Gasteiger partial charge in [-0.25, -0.2) is 0 Å². The summed E-state index contributed by atoms with van der Waals surface area (Å²) in [4.78, 5) is 2.63. The number of hydrogen-bond donors (Lipinski definition) is 1. The molecule has 1 heterocycles. The van der Waals surface area contributed by atoms with E-state index in [1.807, 2.05) is 0 Å². The van der Waals surface area contributed by atoms with Crippen molar-refractivity contribution in [1.29, 1.82) is 0 Å². The molecule has 0 aliphatic carbocycles. The van der Waals surface area contributed by atoms with Crippen LogP contribution in [0.5, 0.6) is 0 Å². The maximum atomic E-state index is 3.50. The molecule has 1 atom stereocenters. The fraction of sp³-hybridized carbons (Fsp3) is 1.00. The Morgan fingerprint density at radius 3 is 2.57 bits per heavy atom. The van der Waals surface area contributed by atoms with Crippen LogP contribution in [-0.2, 0) is 0 Å². The smallest absolute Gasteiger partial charge is 0.00191 e. The summed E-state index contributed by atoms with van der Waals surface area (Å²) in [5, 5.41) is 3.50. The zero-order valence-corrected chi connectivity index (χ0v) is 9.89. The highest BCUT2D eigenvalue weighted by Gasteiger charge is 2.12. The Balaban J connectivity index is 2.03. The van der Waals surface area contributed by atoms with Crippen molar-refractivity contribution in [3.8, 4) is 0 Å². The fourth-order valence-electron chi connectivity index (χ4n) is 2.17. The maximum Gasteiger partial charge on any atom is 0.00191 e. The lowest BCUT2D eigenvalue weighted by Crippen LogP contribution is -2.36. The molecular formula is C12H26N2. The number of hydrogen-bond acceptors (Lipinski definition) is 2. The molecule has 0 aromatic heterocycles. The summed E-state index contributed by atoms with van der Waals surface area (Å²) < 4.78 is 0. The van der Waals surface area contributed by atoms with Crippen molar-refractivity contribution in [3.05, 3.63) is 0 Å². The van der Waals surface area contributed by atoms with Crippen molar-refractivity contribution in [2.45, 2.75) is 39.5 Å². The summed E-state index contributed by atoms with van der Waals surface area (Å²) in [5.41, 5.74) is 0. The van der Waals surface area contributed by atoms with E-state index in [2.05, 4.69) is 24.1 Å². The van der Waals surface area contributed by atoms with Gasteiger partial charge in [0.05, 0.1) is 0 Å². The van der Waals surface area contributed by atoms with Gasteiger partial charge in [0.25, 0.3) is 0 Å². The molecule has 1 unspecified atom stereocenters. The van der Waals surface area contributed by atoms with Gasteiger partial charge in [-0.05, 0) is 51.4 Å². The molecule has 0 aromatic carbocycles. The van der Waals surface area contributed by atoms with Gasteiger partial charge in [-0.1, -0.05) is 20.3 Å². The molecule has 1 aliphatic rings. The first kappa shape index (κ1) is 12.0. The van der Waals surface area contributed by atoms with E-state index in [1.54, 1.807) is 0 Å². The largest absolute Gasteiger partial charge is 0.316 e. The number of nitrogens with zero attached hydrogens (tertiary/aromatic N) is 1. The second-order valence-electron chi connectivity index (χ2n) is 4.67. The molecule has 1 aliphatic heterocycles. The minimum absolute atomic E-state index is 0.805. The SMILES string of the molecule is CCCNCC(C)CN1CCCCC1. The number of likely N-dealkylation sites (tertiary alicyclic amines) is 1. The van der Waals surface area contributed by atoms with E-state index in [-0.39, 0.29) is 0 Å². The molecule has 0 spiro atoms. The highest BCUT2D eigenvalue weighted by atomic mass is 15.1. The van der Waals surface area contributed by atoms with Crippen molar-refractivity contribution >= 4 is 0 Å². The first-order valence-electron chi connectivity index (χ1n) is 6.26. The molecular weight excluding hydrogens is 172 g/mol. The van der Waals surface area contributed by atoms with Gasteiger partial charge in [0.1, 0.15) is 0 Å². The van der Waals surface area contributed by atoms with Gasteiger partial charge in [-0.2, -0.15) is 0 Å². The molecule has 2 nitrogen and oxygen atoms in total. The quantitative estimate of drug-likeness (QED) is 0.658. The minimum Gasteiger partial charge on any atom is -0.316 e. The molecule has 0 radical (unpaired) electrons. The first-order valence-corrected chi connectivity index (χ1v) is 6.26. The number of nitrogens with one attached hydrogen (secondary N) is 1. The number of rotatable bonds is 6. The van der Waals surface area contributed by atoms with Gasteiger partial charge in [0, 0.05) is 6.54 Å². The molecule has 1 saturated heterocycles. The van der Waals surface area contributed by atoms with Crippen LogP contribution in [0.1, 0.15) is 39.5 Å². The third-order valence-corrected chi connectivity index (χ3v) is 2.94. The predicted octanol–water partition coefficient (Wildman–Crippen LogP) is 2.11. The van der Waals surface area contributed by atoms with Gasteiger partial charge in [0.15, 0.2) is 0 Å². The second-order valence-corrected chi connectivity index (χ2v) is 4.67. The molecule has 2 heteroatoms. The average molecular weight is 198 g/mol. The highest BCUT2D eigenvalue weighted by molar-refractivity contribution is 4.68. The third kappa shape index (κ3) is 4.97. The van der Waals surface area contributed by atoms with Crippen molar-refractivity contribution in [2.24, 2.45) is 5.92 Å². The monoisotopic (exact) mass is 198 g/mol. The van der Waals surface area contributed by atoms with Crippen LogP contribution in [0.3, 0.4) is 0 Å². The summed E-state index contributed by atoms with van der Waals surface area (Å²) in [6.45, 7) is 10.9. The van der Waals surface area contributed by atoms with Gasteiger partial charge in [-0.15, -0.1) is 0 Å². The summed E-state index contributed by atoms with van der Waals surface area (Å²) >= 11 is 0. The van der Waals surface area contributed by atoms with Gasteiger partial charge in [-0.3, -0.25) is 0 Å². The van der Waals surface area contributed by atoms with E-state index in [0.717, 1.165) is 5.92 Å². The van der Waals surface area contributed by atoms with Gasteiger partial charge < -0.3 is 10.2 Å². The Bertz CT molecular complexity index is 130. The predicted molar refractivity (Wildman–Crippen MR) is 62.6 cm³/mol. The highest BCUT2D eigenvalue weighted by Crippen LogP contribution is 2.10. The van der Waals surface area contributed by atoms with E-state index in [4.69, 9.17) is 0 Å². The molecule has 0 bridgehead atoms. The summed E-state index contributed by atoms with van der Waals surface area (Å²) in [6, 6.07) is 0. The lowest BCUT2D eigenvalue weighted by Gasteiger charge is -2.29. The fourth-order valence-corrected chi connectivity index (χ4v) is 2.17. The van der Waals surface area contributed by atoms with E-state index in [9.17, 15) is 0 Å². The van der Waals surface area contributed by atoms with E-state index < -0.39 is 0 Å². The number of piperidine rings is 1. The van der Waals surface area contributed by atoms with Crippen LogP contribution in [0, 0.1) is 5.92 Å². The van der Waals surface area contributed by atoms with Crippen LogP contribution in [0.25, 0.3) is 0 Å². The summed E-state index contributed by atoms with van der Waals surface area (Å²) in [5.74, 6) is 0.805. The van der Waals surface area contributed by atoms with Crippen LogP contribution in [0.4, 0.5) is 0 Å². The maximum absolute atomic E-state index is 3.50. The molecule has 1 N–H and O–H groups in total. The molecule has 14 heavy (non-hydrogen) atoms. The van der Waals surface area contributed by atoms with Gasteiger partial charge in [0.2, 0.25) is 0 Å². The van der Waals surface area contributed by atoms with Crippen molar-refractivity contribution in [3.63, 3.8) is 0 Å². The average Bonchev–Trinajstić information content (AvgIpc) is 2.20. The van der Waals surface area contributed by atoms with Crippen molar-refractivity contribution < 1.29 is 0 Å². The molecule has 0 amide bonds. The van der Waals surface area contributed by atoms with Crippen molar-refractivity contribution in [2.75, 3.05) is 32.7 Å². The lowest BCUT2D eigenvalue weighted by molar-refractivity contribution is 0.199. The molecule has 1 fully saturated rings. The topological polar surface area (TPSA) is 15.3 Å². The van der Waals surface area contributed by atoms with Gasteiger partial charge >= 0.3 is 0 Å². The van der Waals surface area contributed by atoms with E-state index in [0.29, 0.717) is 0 Å². The Morgan fingerprint density at radius 1 is 1.21 bits per heavy atom. The normalized spacial score (nSPS) is 21.0. The zero-order valence-electron chi connectivity index (χ0n) is 9.89. The second kappa shape index (κ2) is 7.24. The Morgan fingerprint density at radius 2 is 1.93 bits per heavy atom. The molecule has 84 valence electrons. The Labute approximate surface area is 89.1 Å². The molecule has 0 aromatic rings. The molecule has 1 rings (SSSR count). The Hall–Kier alpha value is -0.0800. The minimum atomic E-state index is 0.805. The standard InChI is InChI=1S/C12H26N2/c1-3-7-13-10-12(2)11-14-8-5-4-6-9-14/h12-13H,3-11H2,1-2H3. The first-order chi connectivity index (χ1) is 6.83. The lowest BCUT2D eigenvalue weighted by atomic mass is 10.1. The van der Waals surface area contributed by atoms with Crippen LogP contribution in [0.2, 0.25) is 0 Å². The third-order valence-electron chi connectivity index (χ3n) is 2.94. The van der Waals surface area contributed by atoms with E-state index >= 15 is 0 Å². The van der Waals surface area contributed by atoms with Crippen LogP contribution < -0.4 is 5.32 Å². The van der Waals surface area contributed by atoms with Crippen molar-refractivity contribution in [1.82, 2.24) is 10.2 Å². The molecule has 0 saturated carbocycles. The zero-order chi connectivity index (χ0) is 10.2. The Kier molecular flexibility index (Phi) is 6.20. The van der Waals surface area contributed by atoms with Crippen LogP contribution >= 0.6 is 0 Å². The summed E-state index contributed by atoms with van der Waals surface area (Å²) in [7, 11) is 0.